The minimum atomic E-state index is 0.627. The Balaban J connectivity index is 2.45. The molecule has 2 unspecified atom stereocenters. The van der Waals surface area contributed by atoms with Crippen LogP contribution < -0.4 is 5.32 Å². The summed E-state index contributed by atoms with van der Waals surface area (Å²) in [5.41, 5.74) is 1.26. The summed E-state index contributed by atoms with van der Waals surface area (Å²) in [6.45, 7) is 10.0. The van der Waals surface area contributed by atoms with Gasteiger partial charge in [0.25, 0.3) is 0 Å². The molecule has 16 heavy (non-hydrogen) atoms. The van der Waals surface area contributed by atoms with E-state index in [4.69, 9.17) is 0 Å². The Hall–Kier alpha value is -0.410. The van der Waals surface area contributed by atoms with Gasteiger partial charge in [-0.1, -0.05) is 20.8 Å². The van der Waals surface area contributed by atoms with Gasteiger partial charge in [-0.15, -0.1) is 11.3 Å². The van der Waals surface area contributed by atoms with Crippen LogP contribution in [0.2, 0.25) is 0 Å². The molecule has 0 aliphatic carbocycles. The molecule has 1 heterocycles. The highest BCUT2D eigenvalue weighted by atomic mass is 32.1. The maximum atomic E-state index is 4.54. The molecule has 1 aromatic heterocycles. The molecule has 92 valence electrons. The number of hydrogen-bond donors (Lipinski definition) is 1. The van der Waals surface area contributed by atoms with Crippen LogP contribution in [-0.2, 0) is 6.42 Å². The highest BCUT2D eigenvalue weighted by molar-refractivity contribution is 7.09. The van der Waals surface area contributed by atoms with E-state index in [0.29, 0.717) is 12.0 Å². The zero-order valence-electron chi connectivity index (χ0n) is 10.9. The lowest BCUT2D eigenvalue weighted by Gasteiger charge is -2.23. The fraction of sp³-hybridized carbons (Fsp3) is 0.769. The van der Waals surface area contributed by atoms with Gasteiger partial charge in [0.15, 0.2) is 0 Å². The molecule has 2 nitrogen and oxygen atoms in total. The van der Waals surface area contributed by atoms with Crippen molar-refractivity contribution in [3.63, 3.8) is 0 Å². The van der Waals surface area contributed by atoms with Gasteiger partial charge in [0, 0.05) is 11.4 Å². The van der Waals surface area contributed by atoms with Gasteiger partial charge in [0.05, 0.1) is 10.7 Å². The van der Waals surface area contributed by atoms with Gasteiger partial charge in [0.1, 0.15) is 0 Å². The van der Waals surface area contributed by atoms with Crippen LogP contribution in [0, 0.1) is 12.8 Å². The maximum Gasteiger partial charge on any atom is 0.0897 e. The second-order valence-electron chi connectivity index (χ2n) is 4.51. The normalized spacial score (nSPS) is 15.0. The van der Waals surface area contributed by atoms with Crippen molar-refractivity contribution in [3.8, 4) is 0 Å². The van der Waals surface area contributed by atoms with Crippen LogP contribution in [0.3, 0.4) is 0 Å². The lowest BCUT2D eigenvalue weighted by molar-refractivity contribution is 0.363. The molecule has 0 aromatic carbocycles. The maximum absolute atomic E-state index is 4.54. The van der Waals surface area contributed by atoms with Gasteiger partial charge in [-0.3, -0.25) is 0 Å². The number of thiazole rings is 1. The Bertz CT molecular complexity index is 296. The summed E-state index contributed by atoms with van der Waals surface area (Å²) in [6, 6.07) is 0.627. The van der Waals surface area contributed by atoms with E-state index in [1.54, 1.807) is 11.3 Å². The van der Waals surface area contributed by atoms with E-state index in [9.17, 15) is 0 Å². The summed E-state index contributed by atoms with van der Waals surface area (Å²) in [5.74, 6) is 0.665. The Morgan fingerprint density at radius 2 is 2.19 bits per heavy atom. The van der Waals surface area contributed by atoms with Crippen molar-refractivity contribution in [2.45, 2.75) is 53.0 Å². The van der Waals surface area contributed by atoms with E-state index in [1.165, 1.54) is 23.5 Å². The van der Waals surface area contributed by atoms with Crippen LogP contribution in [0.4, 0.5) is 0 Å². The van der Waals surface area contributed by atoms with Crippen LogP contribution in [0.15, 0.2) is 5.38 Å². The van der Waals surface area contributed by atoms with E-state index in [0.717, 1.165) is 13.0 Å². The summed E-state index contributed by atoms with van der Waals surface area (Å²) in [7, 11) is 0. The molecule has 0 saturated carbocycles. The Labute approximate surface area is 103 Å². The zero-order valence-corrected chi connectivity index (χ0v) is 11.7. The largest absolute Gasteiger partial charge is 0.314 e. The third kappa shape index (κ3) is 4.22. The van der Waals surface area contributed by atoms with Gasteiger partial charge < -0.3 is 5.32 Å². The number of nitrogens with zero attached hydrogens (tertiary/aromatic N) is 1. The molecule has 3 heteroatoms. The molecule has 1 rings (SSSR count). The lowest BCUT2D eigenvalue weighted by Crippen LogP contribution is -2.35. The Kier molecular flexibility index (Phi) is 5.99. The van der Waals surface area contributed by atoms with Gasteiger partial charge in [-0.05, 0) is 38.6 Å². The molecule has 2 atom stereocenters. The van der Waals surface area contributed by atoms with Gasteiger partial charge >= 0.3 is 0 Å². The quantitative estimate of drug-likeness (QED) is 0.790. The number of rotatable bonds is 7. The fourth-order valence-corrected chi connectivity index (χ4v) is 2.68. The smallest absolute Gasteiger partial charge is 0.0897 e. The molecule has 0 radical (unpaired) electrons. The molecule has 1 aromatic rings. The van der Waals surface area contributed by atoms with Crippen LogP contribution >= 0.6 is 11.3 Å². The van der Waals surface area contributed by atoms with Crippen LogP contribution in [-0.4, -0.2) is 17.6 Å². The average Bonchev–Trinajstić information content (AvgIpc) is 2.65. The number of hydrogen-bond acceptors (Lipinski definition) is 3. The third-order valence-corrected chi connectivity index (χ3v) is 3.80. The van der Waals surface area contributed by atoms with Crippen LogP contribution in [0.5, 0.6) is 0 Å². The number of aromatic nitrogens is 1. The number of nitrogens with one attached hydrogen (secondary N) is 1. The molecule has 0 amide bonds. The highest BCUT2D eigenvalue weighted by Crippen LogP contribution is 2.16. The standard InChI is InChI=1S/C13H24N2S/c1-5-7-14-13(6-2)10(3)8-12-9-16-11(4)15-12/h9-10,13-14H,5-8H2,1-4H3. The lowest BCUT2D eigenvalue weighted by atomic mass is 9.95. The van der Waals surface area contributed by atoms with Gasteiger partial charge in [-0.25, -0.2) is 4.98 Å². The Morgan fingerprint density at radius 3 is 2.69 bits per heavy atom. The van der Waals surface area contributed by atoms with Crippen molar-refractivity contribution in [1.29, 1.82) is 0 Å². The molecule has 0 aliphatic heterocycles. The van der Waals surface area contributed by atoms with Crippen molar-refractivity contribution < 1.29 is 0 Å². The van der Waals surface area contributed by atoms with Crippen molar-refractivity contribution in [1.82, 2.24) is 10.3 Å². The van der Waals surface area contributed by atoms with Crippen LogP contribution in [0.1, 0.15) is 44.3 Å². The summed E-state index contributed by atoms with van der Waals surface area (Å²) >= 11 is 1.75. The van der Waals surface area contributed by atoms with Crippen molar-refractivity contribution in [2.24, 2.45) is 5.92 Å². The molecule has 1 N–H and O–H groups in total. The minimum absolute atomic E-state index is 0.627. The van der Waals surface area contributed by atoms with E-state index in [2.05, 4.69) is 43.4 Å². The second-order valence-corrected chi connectivity index (χ2v) is 5.57. The average molecular weight is 240 g/mol. The topological polar surface area (TPSA) is 24.9 Å². The first kappa shape index (κ1) is 13.7. The fourth-order valence-electron chi connectivity index (χ4n) is 2.05. The number of aryl methyl sites for hydroxylation is 1. The first-order valence-corrected chi connectivity index (χ1v) is 7.19. The highest BCUT2D eigenvalue weighted by Gasteiger charge is 2.15. The molecular weight excluding hydrogens is 216 g/mol. The van der Waals surface area contributed by atoms with E-state index < -0.39 is 0 Å². The monoisotopic (exact) mass is 240 g/mol. The first-order chi connectivity index (χ1) is 7.67. The summed E-state index contributed by atoms with van der Waals surface area (Å²) in [6.07, 6.45) is 3.50. The molecule has 0 spiro atoms. The van der Waals surface area contributed by atoms with E-state index in [-0.39, 0.29) is 0 Å². The van der Waals surface area contributed by atoms with Crippen molar-refractivity contribution in [3.05, 3.63) is 16.1 Å². The van der Waals surface area contributed by atoms with Gasteiger partial charge in [-0.2, -0.15) is 0 Å². The summed E-state index contributed by atoms with van der Waals surface area (Å²) in [4.78, 5) is 4.54. The first-order valence-electron chi connectivity index (χ1n) is 6.31. The molecule has 0 bridgehead atoms. The predicted molar refractivity (Wildman–Crippen MR) is 72.1 cm³/mol. The summed E-state index contributed by atoms with van der Waals surface area (Å²) < 4.78 is 0. The predicted octanol–water partition coefficient (Wildman–Crippen LogP) is 3.41. The zero-order chi connectivity index (χ0) is 12.0. The third-order valence-electron chi connectivity index (χ3n) is 2.98. The SMILES string of the molecule is CCCNC(CC)C(C)Cc1csc(C)n1. The molecular formula is C13H24N2S. The van der Waals surface area contributed by atoms with Crippen molar-refractivity contribution in [2.75, 3.05) is 6.54 Å². The molecule has 0 fully saturated rings. The Morgan fingerprint density at radius 1 is 1.44 bits per heavy atom. The second kappa shape index (κ2) is 7.02. The molecule has 0 saturated heterocycles. The van der Waals surface area contributed by atoms with E-state index in [1.807, 2.05) is 0 Å². The minimum Gasteiger partial charge on any atom is -0.314 e. The van der Waals surface area contributed by atoms with E-state index >= 15 is 0 Å². The van der Waals surface area contributed by atoms with Crippen molar-refractivity contribution >= 4 is 11.3 Å². The van der Waals surface area contributed by atoms with Crippen LogP contribution in [0.25, 0.3) is 0 Å². The summed E-state index contributed by atoms with van der Waals surface area (Å²) in [5, 5.41) is 6.99. The van der Waals surface area contributed by atoms with Gasteiger partial charge in [0.2, 0.25) is 0 Å². The molecule has 0 aliphatic rings.